The molecule has 0 bridgehead atoms. The molecule has 46 heavy (non-hydrogen) atoms. The van der Waals surface area contributed by atoms with Crippen molar-refractivity contribution < 1.29 is 28.9 Å². The molecular formula is C34H35ClFN5O5. The number of amides is 1. The van der Waals surface area contributed by atoms with Crippen LogP contribution >= 0.6 is 11.6 Å². The Balaban J connectivity index is 0.000000874. The molecule has 12 heteroatoms. The molecule has 2 heterocycles. The number of nitrogens with one attached hydrogen (secondary N) is 2. The van der Waals surface area contributed by atoms with Crippen LogP contribution in [0.1, 0.15) is 24.0 Å². The molecule has 240 valence electrons. The fourth-order valence-electron chi connectivity index (χ4n) is 4.46. The van der Waals surface area contributed by atoms with Gasteiger partial charge in [-0.3, -0.25) is 9.78 Å². The van der Waals surface area contributed by atoms with Crippen molar-refractivity contribution >= 4 is 45.5 Å². The third-order valence-electron chi connectivity index (χ3n) is 6.84. The van der Waals surface area contributed by atoms with E-state index >= 15 is 0 Å². The van der Waals surface area contributed by atoms with Gasteiger partial charge in [0.15, 0.2) is 0 Å². The number of aromatic hydroxyl groups is 1. The Labute approximate surface area is 271 Å². The number of hydrogen-bond acceptors (Lipinski definition) is 9. The number of rotatable bonds is 11. The van der Waals surface area contributed by atoms with Gasteiger partial charge in [-0.25, -0.2) is 4.39 Å². The third kappa shape index (κ3) is 9.89. The molecule has 5 rings (SSSR count). The van der Waals surface area contributed by atoms with Crippen LogP contribution in [0.2, 0.25) is 5.02 Å². The molecule has 0 atom stereocenters. The second-order valence-electron chi connectivity index (χ2n) is 10.4. The number of carbonyl (C=O) groups is 1. The van der Waals surface area contributed by atoms with Crippen molar-refractivity contribution in [3.8, 4) is 17.6 Å². The summed E-state index contributed by atoms with van der Waals surface area (Å²) in [5, 5.41) is 35.8. The minimum absolute atomic E-state index is 0.0112. The summed E-state index contributed by atoms with van der Waals surface area (Å²) in [7, 11) is 1.81. The van der Waals surface area contributed by atoms with Gasteiger partial charge in [-0.2, -0.15) is 5.26 Å². The number of phenolic OH excluding ortho intramolecular Hbond substituents is 1. The van der Waals surface area contributed by atoms with Gasteiger partial charge in [-0.05, 0) is 61.9 Å². The van der Waals surface area contributed by atoms with Crippen molar-refractivity contribution in [2.75, 3.05) is 50.6 Å². The van der Waals surface area contributed by atoms with E-state index in [4.69, 9.17) is 26.2 Å². The second-order valence-corrected chi connectivity index (χ2v) is 10.8. The van der Waals surface area contributed by atoms with Crippen molar-refractivity contribution in [3.63, 3.8) is 0 Å². The molecule has 0 radical (unpaired) electrons. The van der Waals surface area contributed by atoms with E-state index in [2.05, 4.69) is 21.7 Å². The Morgan fingerprint density at radius 3 is 2.70 bits per heavy atom. The molecule has 3 aromatic carbocycles. The summed E-state index contributed by atoms with van der Waals surface area (Å²) in [6.07, 6.45) is 6.91. The summed E-state index contributed by atoms with van der Waals surface area (Å²) in [5.41, 5.74) is 2.36. The molecule has 1 aliphatic heterocycles. The van der Waals surface area contributed by atoms with E-state index in [0.717, 1.165) is 13.2 Å². The average molecular weight is 648 g/mol. The highest BCUT2D eigenvalue weighted by molar-refractivity contribution is 6.32. The molecule has 1 amide bonds. The summed E-state index contributed by atoms with van der Waals surface area (Å²) in [6, 6.07) is 16.1. The molecule has 4 N–H and O–H groups in total. The van der Waals surface area contributed by atoms with E-state index in [0.29, 0.717) is 51.7 Å². The number of anilines is 3. The number of aliphatic hydroxyl groups is 1. The second kappa shape index (κ2) is 17.1. The van der Waals surface area contributed by atoms with Gasteiger partial charge in [-0.15, -0.1) is 0 Å². The van der Waals surface area contributed by atoms with Gasteiger partial charge in [-0.1, -0.05) is 29.8 Å². The average Bonchev–Trinajstić information content (AvgIpc) is 3.62. The zero-order valence-corrected chi connectivity index (χ0v) is 26.1. The maximum Gasteiger partial charge on any atom is 0.248 e. The summed E-state index contributed by atoms with van der Waals surface area (Å²) in [4.78, 5) is 18.6. The van der Waals surface area contributed by atoms with Crippen molar-refractivity contribution in [1.29, 1.82) is 5.26 Å². The molecular weight excluding hydrogens is 613 g/mol. The first-order valence-electron chi connectivity index (χ1n) is 14.6. The lowest BCUT2D eigenvalue weighted by atomic mass is 10.1. The van der Waals surface area contributed by atoms with Gasteiger partial charge in [0.05, 0.1) is 34.1 Å². The topological polar surface area (TPSA) is 140 Å². The predicted molar refractivity (Wildman–Crippen MR) is 176 cm³/mol. The molecule has 1 saturated heterocycles. The first-order chi connectivity index (χ1) is 22.3. The number of nitrogens with zero attached hydrogens (tertiary/aromatic N) is 3. The number of nitriles is 1. The fourth-order valence-corrected chi connectivity index (χ4v) is 4.70. The van der Waals surface area contributed by atoms with Crippen LogP contribution in [-0.2, 0) is 16.1 Å². The number of phenols is 1. The molecule has 0 spiro atoms. The van der Waals surface area contributed by atoms with Crippen LogP contribution in [0.3, 0.4) is 0 Å². The van der Waals surface area contributed by atoms with E-state index < -0.39 is 5.91 Å². The van der Waals surface area contributed by atoms with E-state index in [-0.39, 0.29) is 36.0 Å². The molecule has 10 nitrogen and oxygen atoms in total. The first kappa shape index (κ1) is 34.1. The molecule has 4 aromatic rings. The van der Waals surface area contributed by atoms with Crippen LogP contribution in [-0.4, -0.2) is 66.0 Å². The van der Waals surface area contributed by atoms with Crippen molar-refractivity contribution in [1.82, 2.24) is 9.88 Å². The van der Waals surface area contributed by atoms with Crippen LogP contribution in [0, 0.1) is 17.1 Å². The largest absolute Gasteiger partial charge is 0.506 e. The fraction of sp³-hybridized carbons (Fsp3) is 0.265. The Hall–Kier alpha value is -4.73. The van der Waals surface area contributed by atoms with Crippen molar-refractivity contribution in [2.45, 2.75) is 19.4 Å². The van der Waals surface area contributed by atoms with Gasteiger partial charge >= 0.3 is 0 Å². The number of likely N-dealkylation sites (N-methyl/N-ethyl adjacent to an activating group) is 1. The maximum absolute atomic E-state index is 13.5. The Kier molecular flexibility index (Phi) is 12.7. The summed E-state index contributed by atoms with van der Waals surface area (Å²) in [6.45, 7) is 3.07. The quantitative estimate of drug-likeness (QED) is 0.112. The van der Waals surface area contributed by atoms with E-state index in [1.165, 1.54) is 49.4 Å². The Morgan fingerprint density at radius 2 is 2.02 bits per heavy atom. The van der Waals surface area contributed by atoms with E-state index in [9.17, 15) is 19.6 Å². The summed E-state index contributed by atoms with van der Waals surface area (Å²) in [5.74, 6) is -0.615. The summed E-state index contributed by atoms with van der Waals surface area (Å²) >= 11 is 6.45. The van der Waals surface area contributed by atoms with Gasteiger partial charge in [0, 0.05) is 55.7 Å². The maximum atomic E-state index is 13.5. The number of benzene rings is 3. The minimum atomic E-state index is -0.462. The lowest BCUT2D eigenvalue weighted by Crippen LogP contribution is -2.22. The van der Waals surface area contributed by atoms with Crippen LogP contribution < -0.4 is 15.4 Å². The Bertz CT molecular complexity index is 1720. The molecule has 1 aliphatic rings. The predicted octanol–water partition coefficient (Wildman–Crippen LogP) is 6.14. The number of ether oxygens (including phenoxy) is 2. The van der Waals surface area contributed by atoms with Gasteiger partial charge < -0.3 is 35.2 Å². The number of carbonyl (C=O) groups excluding carboxylic acids is 1. The SMILES string of the molecule is C1CCOC1.CN(C/C=C/C(=O)Nc1cc2c(Nc3ccc(OCc4cccc(F)c4)c(Cl)c3)c(C#N)cnc2cc1O)CCO. The number of pyridine rings is 1. The number of fused-ring (bicyclic) bond motifs is 1. The number of halogens is 2. The number of hydrogen-bond donors (Lipinski definition) is 4. The van der Waals surface area contributed by atoms with Crippen LogP contribution in [0.15, 0.2) is 72.9 Å². The lowest BCUT2D eigenvalue weighted by Gasteiger charge is -2.15. The molecule has 0 saturated carbocycles. The van der Waals surface area contributed by atoms with Crippen LogP contribution in [0.4, 0.5) is 21.5 Å². The standard InChI is InChI=1S/C30H27ClFN5O4.C4H8O/c1-37(10-11-38)9-3-6-29(40)36-26-14-23-25(15-27(26)39)34-17-20(16-33)30(23)35-22-7-8-28(24(31)13-22)41-18-19-4-2-5-21(32)12-19;1-2-4-5-3-1/h2-8,12-15,17,38-39H,9-11,18H2,1H3,(H,34,35)(H,36,40);1-4H2/b6-3+;. The zero-order chi connectivity index (χ0) is 32.9. The molecule has 1 fully saturated rings. The van der Waals surface area contributed by atoms with E-state index in [1.807, 2.05) is 11.9 Å². The highest BCUT2D eigenvalue weighted by Gasteiger charge is 2.15. The lowest BCUT2D eigenvalue weighted by molar-refractivity contribution is -0.111. The van der Waals surface area contributed by atoms with Gasteiger partial charge in [0.25, 0.3) is 0 Å². The zero-order valence-electron chi connectivity index (χ0n) is 25.3. The smallest absolute Gasteiger partial charge is 0.248 e. The molecule has 0 unspecified atom stereocenters. The van der Waals surface area contributed by atoms with Gasteiger partial charge in [0.2, 0.25) is 5.91 Å². The normalized spacial score (nSPS) is 12.5. The molecule has 0 aliphatic carbocycles. The van der Waals surface area contributed by atoms with Crippen molar-refractivity contribution in [3.05, 3.63) is 94.9 Å². The number of aromatic nitrogens is 1. The van der Waals surface area contributed by atoms with Crippen LogP contribution in [0.5, 0.6) is 11.5 Å². The van der Waals surface area contributed by atoms with Gasteiger partial charge in [0.1, 0.15) is 30.0 Å². The van der Waals surface area contributed by atoms with Crippen LogP contribution in [0.25, 0.3) is 10.9 Å². The molecule has 1 aromatic heterocycles. The first-order valence-corrected chi connectivity index (χ1v) is 15.0. The minimum Gasteiger partial charge on any atom is -0.506 e. The highest BCUT2D eigenvalue weighted by atomic mass is 35.5. The monoisotopic (exact) mass is 647 g/mol. The summed E-state index contributed by atoms with van der Waals surface area (Å²) < 4.78 is 24.1. The van der Waals surface area contributed by atoms with Crippen molar-refractivity contribution in [2.24, 2.45) is 0 Å². The van der Waals surface area contributed by atoms with E-state index in [1.54, 1.807) is 36.4 Å². The highest BCUT2D eigenvalue weighted by Crippen LogP contribution is 2.37. The Morgan fingerprint density at radius 1 is 1.22 bits per heavy atom. The number of aliphatic hydroxyl groups excluding tert-OH is 1. The third-order valence-corrected chi connectivity index (χ3v) is 7.14.